The third-order valence-electron chi connectivity index (χ3n) is 6.56. The van der Waals surface area contributed by atoms with Crippen molar-refractivity contribution in [1.29, 1.82) is 0 Å². The maximum Gasteiger partial charge on any atom is 0.344 e. The molecule has 2 heterocycles. The molecular formula is C31H18O3. The number of para-hydroxylation sites is 2. The Labute approximate surface area is 194 Å². The van der Waals surface area contributed by atoms with Crippen molar-refractivity contribution >= 4 is 43.7 Å². The van der Waals surface area contributed by atoms with E-state index in [1.165, 1.54) is 0 Å². The van der Waals surface area contributed by atoms with Gasteiger partial charge in [-0.1, -0.05) is 91.0 Å². The predicted octanol–water partition coefficient (Wildman–Crippen LogP) is 8.18. The van der Waals surface area contributed by atoms with Crippen LogP contribution in [0.3, 0.4) is 0 Å². The van der Waals surface area contributed by atoms with Crippen molar-refractivity contribution in [2.24, 2.45) is 0 Å². The Kier molecular flexibility index (Phi) is 4.00. The number of hydrogen-bond donors (Lipinski definition) is 0. The Morgan fingerprint density at radius 3 is 1.85 bits per heavy atom. The minimum Gasteiger partial charge on any atom is -0.455 e. The molecule has 7 rings (SSSR count). The molecule has 7 aromatic rings. The minimum atomic E-state index is -0.311. The Morgan fingerprint density at radius 1 is 0.441 bits per heavy atom. The summed E-state index contributed by atoms with van der Waals surface area (Å²) in [4.78, 5) is 12.4. The van der Waals surface area contributed by atoms with Gasteiger partial charge < -0.3 is 8.83 Å². The van der Waals surface area contributed by atoms with Crippen LogP contribution in [0.1, 0.15) is 0 Å². The van der Waals surface area contributed by atoms with Gasteiger partial charge in [-0.3, -0.25) is 0 Å². The first-order valence-electron chi connectivity index (χ1n) is 11.2. The largest absolute Gasteiger partial charge is 0.455 e. The lowest BCUT2D eigenvalue weighted by Crippen LogP contribution is -2.00. The monoisotopic (exact) mass is 438 g/mol. The highest BCUT2D eigenvalue weighted by atomic mass is 16.4. The number of benzene rings is 5. The van der Waals surface area contributed by atoms with Crippen LogP contribution in [-0.2, 0) is 0 Å². The molecule has 0 unspecified atom stereocenters. The van der Waals surface area contributed by atoms with Gasteiger partial charge in [0, 0.05) is 27.1 Å². The van der Waals surface area contributed by atoms with Crippen molar-refractivity contribution in [1.82, 2.24) is 0 Å². The molecule has 0 N–H and O–H groups in total. The Balaban J connectivity index is 1.41. The Hall–Kier alpha value is -4.63. The zero-order valence-corrected chi connectivity index (χ0v) is 18.1. The summed E-state index contributed by atoms with van der Waals surface area (Å²) in [5.74, 6) is 0. The molecule has 3 nitrogen and oxygen atoms in total. The number of rotatable bonds is 2. The van der Waals surface area contributed by atoms with Crippen molar-refractivity contribution in [2.45, 2.75) is 0 Å². The van der Waals surface area contributed by atoms with E-state index >= 15 is 0 Å². The van der Waals surface area contributed by atoms with Gasteiger partial charge in [0.2, 0.25) is 0 Å². The number of furan rings is 1. The summed E-state index contributed by atoms with van der Waals surface area (Å²) in [5.41, 5.74) is 6.32. The molecule has 3 heteroatoms. The molecule has 0 atom stereocenters. The molecule has 0 aliphatic heterocycles. The predicted molar refractivity (Wildman–Crippen MR) is 138 cm³/mol. The maximum absolute atomic E-state index is 12.4. The summed E-state index contributed by atoms with van der Waals surface area (Å²) in [6.07, 6.45) is 0. The lowest BCUT2D eigenvalue weighted by Gasteiger charge is -2.10. The molecule has 0 fully saturated rings. The Bertz CT molecular complexity index is 1920. The molecule has 2 aromatic heterocycles. The van der Waals surface area contributed by atoms with E-state index < -0.39 is 0 Å². The fourth-order valence-electron chi connectivity index (χ4n) is 4.97. The van der Waals surface area contributed by atoms with E-state index in [4.69, 9.17) is 8.83 Å². The van der Waals surface area contributed by atoms with Crippen LogP contribution in [0.2, 0.25) is 0 Å². The molecule has 0 bridgehead atoms. The lowest BCUT2D eigenvalue weighted by atomic mass is 9.95. The topological polar surface area (TPSA) is 43.4 Å². The molecular weight excluding hydrogens is 420 g/mol. The van der Waals surface area contributed by atoms with Gasteiger partial charge in [0.1, 0.15) is 16.7 Å². The van der Waals surface area contributed by atoms with E-state index in [9.17, 15) is 4.79 Å². The average molecular weight is 438 g/mol. The highest BCUT2D eigenvalue weighted by Gasteiger charge is 2.14. The molecule has 34 heavy (non-hydrogen) atoms. The summed E-state index contributed by atoms with van der Waals surface area (Å²) in [7, 11) is 0. The van der Waals surface area contributed by atoms with Gasteiger partial charge in [0.05, 0.1) is 5.39 Å². The first-order valence-corrected chi connectivity index (χ1v) is 11.2. The number of hydrogen-bond acceptors (Lipinski definition) is 3. The van der Waals surface area contributed by atoms with Crippen LogP contribution < -0.4 is 5.63 Å². The van der Waals surface area contributed by atoms with Gasteiger partial charge in [0.25, 0.3) is 0 Å². The van der Waals surface area contributed by atoms with E-state index in [0.717, 1.165) is 55.0 Å². The summed E-state index contributed by atoms with van der Waals surface area (Å²) < 4.78 is 11.9. The highest BCUT2D eigenvalue weighted by molar-refractivity contribution is 6.12. The van der Waals surface area contributed by atoms with Crippen LogP contribution in [0.15, 0.2) is 123 Å². The fourth-order valence-corrected chi connectivity index (χ4v) is 4.97. The lowest BCUT2D eigenvalue weighted by molar-refractivity contribution is 0.570. The quantitative estimate of drug-likeness (QED) is 0.202. The summed E-state index contributed by atoms with van der Waals surface area (Å²) in [6, 6.07) is 36.4. The van der Waals surface area contributed by atoms with Crippen LogP contribution in [0.5, 0.6) is 0 Å². The molecule has 0 aliphatic rings. The maximum atomic E-state index is 12.4. The summed E-state index contributed by atoms with van der Waals surface area (Å²) in [6.45, 7) is 0. The van der Waals surface area contributed by atoms with Gasteiger partial charge in [-0.25, -0.2) is 4.79 Å². The third-order valence-corrected chi connectivity index (χ3v) is 6.56. The highest BCUT2D eigenvalue weighted by Crippen LogP contribution is 2.37. The van der Waals surface area contributed by atoms with Crippen molar-refractivity contribution in [2.75, 3.05) is 0 Å². The van der Waals surface area contributed by atoms with E-state index in [0.29, 0.717) is 11.0 Å². The van der Waals surface area contributed by atoms with Crippen LogP contribution in [0.25, 0.3) is 65.9 Å². The van der Waals surface area contributed by atoms with Crippen molar-refractivity contribution in [3.8, 4) is 22.3 Å². The minimum absolute atomic E-state index is 0.311. The zero-order chi connectivity index (χ0) is 22.6. The first kappa shape index (κ1) is 18.9. The molecule has 0 aliphatic carbocycles. The van der Waals surface area contributed by atoms with Crippen molar-refractivity contribution in [3.05, 3.63) is 120 Å². The third kappa shape index (κ3) is 2.74. The molecule has 0 amide bonds. The SMILES string of the molecule is O=c1oc2cccc(-c3ccc(-c4cccc5c4oc4ccccc45)cc3)c2c2ccccc12. The van der Waals surface area contributed by atoms with Gasteiger partial charge in [-0.2, -0.15) is 0 Å². The molecule has 0 saturated carbocycles. The van der Waals surface area contributed by atoms with E-state index in [-0.39, 0.29) is 5.63 Å². The van der Waals surface area contributed by atoms with Gasteiger partial charge in [-0.05, 0) is 34.9 Å². The smallest absolute Gasteiger partial charge is 0.344 e. The van der Waals surface area contributed by atoms with Gasteiger partial charge in [-0.15, -0.1) is 0 Å². The molecule has 0 radical (unpaired) electrons. The fraction of sp³-hybridized carbons (Fsp3) is 0. The van der Waals surface area contributed by atoms with Crippen LogP contribution in [-0.4, -0.2) is 0 Å². The summed E-state index contributed by atoms with van der Waals surface area (Å²) >= 11 is 0. The summed E-state index contributed by atoms with van der Waals surface area (Å²) in [5, 5.41) is 4.69. The molecule has 0 spiro atoms. The van der Waals surface area contributed by atoms with Crippen molar-refractivity contribution < 1.29 is 8.83 Å². The second-order valence-electron chi connectivity index (χ2n) is 8.47. The van der Waals surface area contributed by atoms with Crippen LogP contribution >= 0.6 is 0 Å². The van der Waals surface area contributed by atoms with Crippen molar-refractivity contribution in [3.63, 3.8) is 0 Å². The standard InChI is InChI=1S/C31H18O3/c32-31-26-9-2-1-8-24(26)29-21(10-6-14-28(29)34-31)19-15-17-20(18-16-19)22-11-5-12-25-23-7-3-4-13-27(23)33-30(22)25/h1-18H. The Morgan fingerprint density at radius 2 is 1.03 bits per heavy atom. The zero-order valence-electron chi connectivity index (χ0n) is 18.1. The average Bonchev–Trinajstić information content (AvgIpc) is 3.28. The number of fused-ring (bicyclic) bond motifs is 6. The molecule has 160 valence electrons. The first-order chi connectivity index (χ1) is 16.8. The van der Waals surface area contributed by atoms with E-state index in [2.05, 4.69) is 54.6 Å². The molecule has 0 saturated heterocycles. The molecule has 5 aromatic carbocycles. The van der Waals surface area contributed by atoms with E-state index in [1.54, 1.807) is 0 Å². The van der Waals surface area contributed by atoms with Gasteiger partial charge in [0.15, 0.2) is 0 Å². The normalized spacial score (nSPS) is 11.6. The second kappa shape index (κ2) is 7.19. The van der Waals surface area contributed by atoms with Crippen LogP contribution in [0, 0.1) is 0 Å². The van der Waals surface area contributed by atoms with E-state index in [1.807, 2.05) is 54.6 Å². The second-order valence-corrected chi connectivity index (χ2v) is 8.47. The van der Waals surface area contributed by atoms with Gasteiger partial charge >= 0.3 is 5.63 Å². The van der Waals surface area contributed by atoms with Crippen LogP contribution in [0.4, 0.5) is 0 Å².